The fourth-order valence-corrected chi connectivity index (χ4v) is 4.23. The summed E-state index contributed by atoms with van der Waals surface area (Å²) in [5.74, 6) is 0.680. The molecule has 29 heavy (non-hydrogen) atoms. The number of phenols is 2. The molecule has 0 unspecified atom stereocenters. The summed E-state index contributed by atoms with van der Waals surface area (Å²) in [6, 6.07) is 15.1. The van der Waals surface area contributed by atoms with E-state index in [0.717, 1.165) is 24.0 Å². The average Bonchev–Trinajstić information content (AvgIpc) is 2.73. The molecule has 0 heterocycles. The zero-order chi connectivity index (χ0) is 20.7. The van der Waals surface area contributed by atoms with Crippen molar-refractivity contribution in [1.29, 1.82) is 0 Å². The highest BCUT2D eigenvalue weighted by Crippen LogP contribution is 2.38. The molecule has 0 amide bonds. The largest absolute Gasteiger partial charge is 0.508 e. The van der Waals surface area contributed by atoms with Crippen molar-refractivity contribution in [3.63, 3.8) is 0 Å². The molecule has 0 radical (unpaired) electrons. The van der Waals surface area contributed by atoms with Gasteiger partial charge in [0.05, 0.1) is 0 Å². The minimum absolute atomic E-state index is 0.0421. The summed E-state index contributed by atoms with van der Waals surface area (Å²) in [4.78, 5) is 0. The smallest absolute Gasteiger partial charge is 0.119 e. The van der Waals surface area contributed by atoms with Crippen molar-refractivity contribution in [1.82, 2.24) is 0 Å². The van der Waals surface area contributed by atoms with Gasteiger partial charge in [0.1, 0.15) is 11.5 Å². The lowest BCUT2D eigenvalue weighted by Gasteiger charge is -2.20. The first-order valence-electron chi connectivity index (χ1n) is 11.8. The van der Waals surface area contributed by atoms with Crippen LogP contribution in [0.4, 0.5) is 0 Å². The van der Waals surface area contributed by atoms with Crippen molar-refractivity contribution >= 4 is 0 Å². The maximum Gasteiger partial charge on any atom is 0.119 e. The minimum atomic E-state index is 0.0421. The van der Waals surface area contributed by atoms with Gasteiger partial charge < -0.3 is 10.2 Å². The number of hydrogen-bond acceptors (Lipinski definition) is 2. The fraction of sp³-hybridized carbons (Fsp3) is 0.556. The fourth-order valence-electron chi connectivity index (χ4n) is 4.23. The number of para-hydroxylation sites is 2. The van der Waals surface area contributed by atoms with Crippen LogP contribution in [0.2, 0.25) is 0 Å². The molecule has 0 aliphatic carbocycles. The number of aromatic hydroxyl groups is 2. The molecular formula is C27H40O2. The van der Waals surface area contributed by atoms with Crippen LogP contribution in [-0.4, -0.2) is 10.2 Å². The van der Waals surface area contributed by atoms with Gasteiger partial charge in [0.25, 0.3) is 0 Å². The van der Waals surface area contributed by atoms with E-state index < -0.39 is 0 Å². The third kappa shape index (κ3) is 8.51. The van der Waals surface area contributed by atoms with Crippen LogP contribution < -0.4 is 0 Å². The molecule has 160 valence electrons. The Balaban J connectivity index is 1.72. The second-order valence-corrected chi connectivity index (χ2v) is 8.35. The van der Waals surface area contributed by atoms with Gasteiger partial charge in [-0.2, -0.15) is 0 Å². The summed E-state index contributed by atoms with van der Waals surface area (Å²) in [5.41, 5.74) is 1.83. The van der Waals surface area contributed by atoms with E-state index in [2.05, 4.69) is 6.92 Å². The van der Waals surface area contributed by atoms with E-state index in [1.54, 1.807) is 12.1 Å². The van der Waals surface area contributed by atoms with Gasteiger partial charge in [-0.25, -0.2) is 0 Å². The van der Waals surface area contributed by atoms with E-state index in [0.29, 0.717) is 11.5 Å². The summed E-state index contributed by atoms with van der Waals surface area (Å²) < 4.78 is 0. The van der Waals surface area contributed by atoms with E-state index in [4.69, 9.17) is 0 Å². The standard InChI is InChI=1S/C27H40O2/c1-2-3-4-5-6-7-8-9-10-11-12-13-18-23(24-19-14-16-21-26(24)28)25-20-15-17-22-27(25)29/h14-17,19-23,28-29H,2-13,18H2,1H3. The van der Waals surface area contributed by atoms with Gasteiger partial charge >= 0.3 is 0 Å². The van der Waals surface area contributed by atoms with E-state index >= 15 is 0 Å². The Morgan fingerprint density at radius 3 is 1.34 bits per heavy atom. The molecule has 0 bridgehead atoms. The highest BCUT2D eigenvalue weighted by atomic mass is 16.3. The van der Waals surface area contributed by atoms with Crippen LogP contribution in [0.25, 0.3) is 0 Å². The Labute approximate surface area is 178 Å². The molecule has 0 saturated carbocycles. The van der Waals surface area contributed by atoms with Crippen LogP contribution in [0.15, 0.2) is 48.5 Å². The summed E-state index contributed by atoms with van der Waals surface area (Å²) in [7, 11) is 0. The van der Waals surface area contributed by atoms with Crippen molar-refractivity contribution in [3.05, 3.63) is 59.7 Å². The topological polar surface area (TPSA) is 40.5 Å². The monoisotopic (exact) mass is 396 g/mol. The third-order valence-corrected chi connectivity index (χ3v) is 5.97. The number of hydrogen-bond donors (Lipinski definition) is 2. The average molecular weight is 397 g/mol. The van der Waals surface area contributed by atoms with Gasteiger partial charge in [0.15, 0.2) is 0 Å². The van der Waals surface area contributed by atoms with Crippen LogP contribution in [0.5, 0.6) is 11.5 Å². The van der Waals surface area contributed by atoms with E-state index in [-0.39, 0.29) is 5.92 Å². The second kappa shape index (κ2) is 14.1. The summed E-state index contributed by atoms with van der Waals surface area (Å²) in [6.07, 6.45) is 17.0. The van der Waals surface area contributed by atoms with Crippen LogP contribution in [0, 0.1) is 0 Å². The summed E-state index contributed by atoms with van der Waals surface area (Å²) >= 11 is 0. The maximum absolute atomic E-state index is 10.3. The summed E-state index contributed by atoms with van der Waals surface area (Å²) in [6.45, 7) is 2.27. The lowest BCUT2D eigenvalue weighted by molar-refractivity contribution is 0.447. The predicted octanol–water partition coefficient (Wildman–Crippen LogP) is 8.32. The lowest BCUT2D eigenvalue weighted by Crippen LogP contribution is -2.02. The molecule has 0 atom stereocenters. The number of unbranched alkanes of at least 4 members (excludes halogenated alkanes) is 11. The molecular weight excluding hydrogens is 356 g/mol. The number of rotatable bonds is 15. The maximum atomic E-state index is 10.3. The van der Waals surface area contributed by atoms with Gasteiger partial charge in [-0.05, 0) is 18.6 Å². The Bertz CT molecular complexity index is 634. The van der Waals surface area contributed by atoms with Crippen molar-refractivity contribution in [2.75, 3.05) is 0 Å². The first kappa shape index (κ1) is 23.3. The Hall–Kier alpha value is -1.96. The zero-order valence-corrected chi connectivity index (χ0v) is 18.3. The van der Waals surface area contributed by atoms with Crippen molar-refractivity contribution in [3.8, 4) is 11.5 Å². The molecule has 0 spiro atoms. The van der Waals surface area contributed by atoms with Crippen molar-refractivity contribution in [2.24, 2.45) is 0 Å². The summed E-state index contributed by atoms with van der Waals surface area (Å²) in [5, 5.41) is 20.7. The van der Waals surface area contributed by atoms with Crippen LogP contribution in [0.1, 0.15) is 107 Å². The Morgan fingerprint density at radius 1 is 0.552 bits per heavy atom. The van der Waals surface area contributed by atoms with Gasteiger partial charge in [-0.15, -0.1) is 0 Å². The molecule has 0 aliphatic rings. The molecule has 0 saturated heterocycles. The Morgan fingerprint density at radius 2 is 0.931 bits per heavy atom. The van der Waals surface area contributed by atoms with Crippen molar-refractivity contribution < 1.29 is 10.2 Å². The normalized spacial score (nSPS) is 11.2. The number of phenolic OH excluding ortho intramolecular Hbond substituents is 2. The molecule has 0 fully saturated rings. The first-order chi connectivity index (χ1) is 14.2. The van der Waals surface area contributed by atoms with Crippen LogP contribution in [-0.2, 0) is 0 Å². The highest BCUT2D eigenvalue weighted by Gasteiger charge is 2.19. The molecule has 2 aromatic rings. The van der Waals surface area contributed by atoms with Gasteiger partial charge in [-0.1, -0.05) is 120 Å². The molecule has 2 nitrogen and oxygen atoms in total. The third-order valence-electron chi connectivity index (χ3n) is 5.97. The zero-order valence-electron chi connectivity index (χ0n) is 18.3. The quantitative estimate of drug-likeness (QED) is 0.297. The van der Waals surface area contributed by atoms with Gasteiger partial charge in [0.2, 0.25) is 0 Å². The van der Waals surface area contributed by atoms with Crippen molar-refractivity contribution in [2.45, 2.75) is 96.3 Å². The number of benzene rings is 2. The molecule has 0 aromatic heterocycles. The van der Waals surface area contributed by atoms with E-state index in [9.17, 15) is 10.2 Å². The molecule has 0 aliphatic heterocycles. The SMILES string of the molecule is CCCCCCCCCCCCCCC(c1ccccc1O)c1ccccc1O. The Kier molecular flexibility index (Phi) is 11.3. The van der Waals surface area contributed by atoms with E-state index in [1.807, 2.05) is 36.4 Å². The van der Waals surface area contributed by atoms with Gasteiger partial charge in [-0.3, -0.25) is 0 Å². The van der Waals surface area contributed by atoms with Crippen LogP contribution >= 0.6 is 0 Å². The molecule has 2 aromatic carbocycles. The molecule has 2 heteroatoms. The minimum Gasteiger partial charge on any atom is -0.508 e. The second-order valence-electron chi connectivity index (χ2n) is 8.35. The first-order valence-corrected chi connectivity index (χ1v) is 11.8. The molecule has 2 N–H and O–H groups in total. The van der Waals surface area contributed by atoms with E-state index in [1.165, 1.54) is 70.6 Å². The highest BCUT2D eigenvalue weighted by molar-refractivity contribution is 5.45. The lowest BCUT2D eigenvalue weighted by atomic mass is 9.85. The van der Waals surface area contributed by atoms with Crippen LogP contribution in [0.3, 0.4) is 0 Å². The van der Waals surface area contributed by atoms with Gasteiger partial charge in [0, 0.05) is 17.0 Å². The molecule has 2 rings (SSSR count). The predicted molar refractivity (Wildman–Crippen MR) is 124 cm³/mol.